The number of piperidine rings is 1. The molecule has 0 saturated carbocycles. The van der Waals surface area contributed by atoms with Gasteiger partial charge in [-0.2, -0.15) is 0 Å². The lowest BCUT2D eigenvalue weighted by molar-refractivity contribution is 0.0877. The fourth-order valence-corrected chi connectivity index (χ4v) is 5.36. The molecule has 1 fully saturated rings. The van der Waals surface area contributed by atoms with Crippen molar-refractivity contribution < 1.29 is 4.79 Å². The summed E-state index contributed by atoms with van der Waals surface area (Å²) in [7, 11) is 0. The zero-order valence-corrected chi connectivity index (χ0v) is 18.2. The molecule has 1 atom stereocenters. The molecule has 2 heteroatoms. The number of carbonyl (C=O) groups excluding carboxylic acids is 1. The Kier molecular flexibility index (Phi) is 5.99. The number of hydrogen-bond donors (Lipinski definition) is 0. The second-order valence-corrected chi connectivity index (χ2v) is 9.15. The fourth-order valence-electron chi connectivity index (χ4n) is 5.36. The van der Waals surface area contributed by atoms with Crippen LogP contribution in [0.25, 0.3) is 11.1 Å². The number of nitrogens with zero attached hydrogens (tertiary/aromatic N) is 1. The third-order valence-corrected chi connectivity index (χ3v) is 7.26. The minimum atomic E-state index is 0.182. The number of hydrogen-bond acceptors (Lipinski definition) is 2. The maximum absolute atomic E-state index is 13.2. The van der Waals surface area contributed by atoms with E-state index < -0.39 is 0 Å². The minimum Gasteiger partial charge on any atom is -0.303 e. The Morgan fingerprint density at radius 2 is 1.48 bits per heavy atom. The van der Waals surface area contributed by atoms with Crippen molar-refractivity contribution in [3.05, 3.63) is 95.6 Å². The first-order valence-electron chi connectivity index (χ1n) is 11.8. The van der Waals surface area contributed by atoms with Crippen LogP contribution in [0.4, 0.5) is 0 Å². The lowest BCUT2D eigenvalue weighted by atomic mass is 9.80. The Labute approximate surface area is 185 Å². The van der Waals surface area contributed by atoms with Crippen molar-refractivity contribution in [2.24, 2.45) is 5.92 Å². The number of rotatable bonds is 5. The first-order valence-corrected chi connectivity index (χ1v) is 11.8. The lowest BCUT2D eigenvalue weighted by Gasteiger charge is -2.33. The maximum atomic E-state index is 13.2. The molecule has 1 saturated heterocycles. The first kappa shape index (κ1) is 20.2. The van der Waals surface area contributed by atoms with Crippen molar-refractivity contribution >= 4 is 5.78 Å². The molecule has 0 bridgehead atoms. The number of Topliss-reactive ketones (excluding diaryl/α,β-unsaturated/α-hetero) is 1. The van der Waals surface area contributed by atoms with Gasteiger partial charge >= 0.3 is 0 Å². The predicted octanol–water partition coefficient (Wildman–Crippen LogP) is 6.37. The van der Waals surface area contributed by atoms with E-state index in [0.717, 1.165) is 44.5 Å². The Hall–Kier alpha value is -2.71. The predicted molar refractivity (Wildman–Crippen MR) is 127 cm³/mol. The Bertz CT molecular complexity index is 1020. The van der Waals surface area contributed by atoms with Gasteiger partial charge in [-0.15, -0.1) is 0 Å². The minimum absolute atomic E-state index is 0.182. The van der Waals surface area contributed by atoms with Gasteiger partial charge in [-0.25, -0.2) is 0 Å². The molecular formula is C29H31NO. The van der Waals surface area contributed by atoms with Crippen LogP contribution in [0.5, 0.6) is 0 Å². The molecule has 3 aromatic carbocycles. The average Bonchev–Trinajstić information content (AvgIpc) is 2.85. The van der Waals surface area contributed by atoms with E-state index in [1.54, 1.807) is 0 Å². The largest absolute Gasteiger partial charge is 0.303 e. The van der Waals surface area contributed by atoms with Crippen molar-refractivity contribution in [1.29, 1.82) is 0 Å². The van der Waals surface area contributed by atoms with Crippen LogP contribution >= 0.6 is 0 Å². The maximum Gasteiger partial charge on any atom is 0.166 e. The summed E-state index contributed by atoms with van der Waals surface area (Å²) < 4.78 is 0. The summed E-state index contributed by atoms with van der Waals surface area (Å²) >= 11 is 0. The van der Waals surface area contributed by atoms with Crippen molar-refractivity contribution in [2.45, 2.75) is 38.0 Å². The van der Waals surface area contributed by atoms with Crippen molar-refractivity contribution in [3.63, 3.8) is 0 Å². The molecule has 3 aromatic rings. The second-order valence-electron chi connectivity index (χ2n) is 9.15. The van der Waals surface area contributed by atoms with E-state index in [1.165, 1.54) is 35.1 Å². The highest BCUT2D eigenvalue weighted by molar-refractivity contribution is 6.00. The van der Waals surface area contributed by atoms with Crippen LogP contribution in [0, 0.1) is 5.92 Å². The van der Waals surface area contributed by atoms with Gasteiger partial charge in [0.1, 0.15) is 0 Å². The highest BCUT2D eigenvalue weighted by Crippen LogP contribution is 2.32. The number of likely N-dealkylation sites (tertiary alicyclic amines) is 1. The van der Waals surface area contributed by atoms with E-state index in [-0.39, 0.29) is 5.92 Å². The third-order valence-electron chi connectivity index (χ3n) is 7.26. The quantitative estimate of drug-likeness (QED) is 0.488. The Morgan fingerprint density at radius 1 is 0.774 bits per heavy atom. The van der Waals surface area contributed by atoms with Crippen LogP contribution < -0.4 is 0 Å². The van der Waals surface area contributed by atoms with Crippen LogP contribution in [0.15, 0.2) is 78.9 Å². The van der Waals surface area contributed by atoms with Gasteiger partial charge in [0.05, 0.1) is 0 Å². The van der Waals surface area contributed by atoms with Gasteiger partial charge in [-0.3, -0.25) is 4.79 Å². The van der Waals surface area contributed by atoms with Gasteiger partial charge in [0.25, 0.3) is 0 Å². The smallest absolute Gasteiger partial charge is 0.166 e. The van der Waals surface area contributed by atoms with E-state index in [0.29, 0.717) is 11.7 Å². The molecule has 0 aromatic heterocycles. The van der Waals surface area contributed by atoms with Gasteiger partial charge in [0, 0.05) is 11.5 Å². The third kappa shape index (κ3) is 4.50. The number of benzene rings is 3. The Balaban J connectivity index is 1.17. The molecule has 158 valence electrons. The summed E-state index contributed by atoms with van der Waals surface area (Å²) in [5, 5.41) is 0. The van der Waals surface area contributed by atoms with Gasteiger partial charge in [0.2, 0.25) is 0 Å². The van der Waals surface area contributed by atoms with Crippen LogP contribution in [-0.4, -0.2) is 30.3 Å². The molecule has 0 amide bonds. The summed E-state index contributed by atoms with van der Waals surface area (Å²) in [5.74, 6) is 1.24. The van der Waals surface area contributed by atoms with Crippen molar-refractivity contribution in [1.82, 2.24) is 4.90 Å². The molecule has 1 aliphatic carbocycles. The van der Waals surface area contributed by atoms with Crippen LogP contribution in [0.2, 0.25) is 0 Å². The molecule has 0 radical (unpaired) electrons. The molecule has 2 nitrogen and oxygen atoms in total. The van der Waals surface area contributed by atoms with E-state index in [1.807, 2.05) is 6.07 Å². The van der Waals surface area contributed by atoms with Crippen molar-refractivity contribution in [3.8, 4) is 11.1 Å². The number of carbonyl (C=O) groups is 1. The summed E-state index contributed by atoms with van der Waals surface area (Å²) in [4.78, 5) is 15.7. The highest BCUT2D eigenvalue weighted by Gasteiger charge is 2.28. The summed E-state index contributed by atoms with van der Waals surface area (Å²) in [6.07, 6.45) is 5.46. The van der Waals surface area contributed by atoms with Gasteiger partial charge < -0.3 is 4.90 Å². The molecule has 31 heavy (non-hydrogen) atoms. The lowest BCUT2D eigenvalue weighted by Crippen LogP contribution is -2.35. The zero-order chi connectivity index (χ0) is 21.0. The summed E-state index contributed by atoms with van der Waals surface area (Å²) in [6, 6.07) is 27.8. The highest BCUT2D eigenvalue weighted by atomic mass is 16.1. The van der Waals surface area contributed by atoms with Crippen LogP contribution in [-0.2, 0) is 6.42 Å². The molecule has 0 N–H and O–H groups in total. The number of fused-ring (bicyclic) bond motifs is 1. The molecule has 2 aliphatic rings. The summed E-state index contributed by atoms with van der Waals surface area (Å²) in [6.45, 7) is 3.35. The molecular weight excluding hydrogens is 378 g/mol. The van der Waals surface area contributed by atoms with Gasteiger partial charge in [-0.05, 0) is 79.9 Å². The molecule has 0 spiro atoms. The molecule has 1 unspecified atom stereocenters. The summed E-state index contributed by atoms with van der Waals surface area (Å²) in [5.41, 5.74) is 6.10. The topological polar surface area (TPSA) is 20.3 Å². The van der Waals surface area contributed by atoms with Crippen LogP contribution in [0.3, 0.4) is 0 Å². The SMILES string of the molecule is O=C1c2ccc(-c3ccccc3)cc2CCC1CCN1CCC(c2ccccc2)CC1. The zero-order valence-electron chi connectivity index (χ0n) is 18.2. The monoisotopic (exact) mass is 409 g/mol. The fraction of sp³-hybridized carbons (Fsp3) is 0.345. The van der Waals surface area contributed by atoms with E-state index in [4.69, 9.17) is 0 Å². The van der Waals surface area contributed by atoms with Crippen molar-refractivity contribution in [2.75, 3.05) is 19.6 Å². The van der Waals surface area contributed by atoms with Gasteiger partial charge in [0.15, 0.2) is 5.78 Å². The first-order chi connectivity index (χ1) is 15.3. The van der Waals surface area contributed by atoms with E-state index >= 15 is 0 Å². The van der Waals surface area contributed by atoms with Crippen LogP contribution in [0.1, 0.15) is 53.1 Å². The standard InChI is InChI=1S/C29H31NO/c31-29-25(17-20-30-18-15-24(16-19-30)22-7-3-1-4-8-22)11-12-27-21-26(13-14-28(27)29)23-9-5-2-6-10-23/h1-10,13-14,21,24-25H,11-12,15-20H2. The van der Waals surface area contributed by atoms with E-state index in [9.17, 15) is 4.79 Å². The normalized spacial score (nSPS) is 19.9. The second kappa shape index (κ2) is 9.20. The molecule has 1 heterocycles. The molecule has 1 aliphatic heterocycles. The molecule has 5 rings (SSSR count). The van der Waals surface area contributed by atoms with E-state index in [2.05, 4.69) is 77.7 Å². The van der Waals surface area contributed by atoms with Gasteiger partial charge in [-0.1, -0.05) is 78.9 Å². The average molecular weight is 410 g/mol. The Morgan fingerprint density at radius 3 is 2.23 bits per heavy atom. The number of ketones is 1. The number of aryl methyl sites for hydroxylation is 1.